The van der Waals surface area contributed by atoms with Crippen molar-refractivity contribution in [2.75, 3.05) is 5.32 Å². The number of aromatic nitrogens is 1. The minimum Gasteiger partial charge on any atom is -0.342 e. The first-order valence-corrected chi connectivity index (χ1v) is 10.00. The zero-order valence-corrected chi connectivity index (χ0v) is 16.8. The van der Waals surface area contributed by atoms with Crippen molar-refractivity contribution in [3.8, 4) is 0 Å². The van der Waals surface area contributed by atoms with E-state index in [1.54, 1.807) is 12.1 Å². The molecule has 0 aliphatic carbocycles. The highest BCUT2D eigenvalue weighted by molar-refractivity contribution is 6.37. The molecule has 0 saturated carbocycles. The number of carbonyl (C=O) groups is 1. The monoisotopic (exact) mass is 418 g/mol. The molecule has 0 fully saturated rings. The fraction of sp³-hybridized carbons (Fsp3) is 0.0417. The van der Waals surface area contributed by atoms with Crippen molar-refractivity contribution in [1.82, 2.24) is 4.57 Å². The van der Waals surface area contributed by atoms with Gasteiger partial charge in [0, 0.05) is 50.4 Å². The van der Waals surface area contributed by atoms with E-state index in [0.717, 1.165) is 38.3 Å². The third-order valence-electron chi connectivity index (χ3n) is 5.18. The average Bonchev–Trinajstić information content (AvgIpc) is 3.21. The van der Waals surface area contributed by atoms with Crippen molar-refractivity contribution >= 4 is 57.3 Å². The van der Waals surface area contributed by atoms with Gasteiger partial charge in [0.25, 0.3) is 5.91 Å². The number of benzene rings is 3. The van der Waals surface area contributed by atoms with E-state index >= 15 is 0 Å². The second kappa shape index (κ2) is 7.11. The molecule has 3 aromatic carbocycles. The summed E-state index contributed by atoms with van der Waals surface area (Å²) in [5.41, 5.74) is 5.37. The largest absolute Gasteiger partial charge is 0.342 e. The quantitative estimate of drug-likeness (QED) is 0.379. The van der Waals surface area contributed by atoms with Crippen LogP contribution in [0.3, 0.4) is 0 Å². The molecule has 4 aromatic rings. The van der Waals surface area contributed by atoms with Crippen molar-refractivity contribution in [2.45, 2.75) is 6.54 Å². The minimum atomic E-state index is -0.120. The predicted octanol–water partition coefficient (Wildman–Crippen LogP) is 6.49. The molecule has 0 atom stereocenters. The molecule has 1 N–H and O–H groups in total. The van der Waals surface area contributed by atoms with Gasteiger partial charge in [0.2, 0.25) is 0 Å². The van der Waals surface area contributed by atoms with E-state index in [1.165, 1.54) is 0 Å². The van der Waals surface area contributed by atoms with E-state index in [0.29, 0.717) is 17.1 Å². The van der Waals surface area contributed by atoms with Crippen LogP contribution in [-0.2, 0) is 11.3 Å². The molecular weight excluding hydrogens is 403 g/mol. The van der Waals surface area contributed by atoms with Gasteiger partial charge in [-0.2, -0.15) is 0 Å². The summed E-state index contributed by atoms with van der Waals surface area (Å²) in [6, 6.07) is 21.5. The fourth-order valence-corrected chi connectivity index (χ4v) is 4.16. The van der Waals surface area contributed by atoms with Crippen molar-refractivity contribution in [2.24, 2.45) is 0 Å². The number of carbonyl (C=O) groups excluding carboxylic acids is 1. The Morgan fingerprint density at radius 1 is 0.966 bits per heavy atom. The van der Waals surface area contributed by atoms with Crippen LogP contribution < -0.4 is 5.32 Å². The first-order chi connectivity index (χ1) is 14.1. The van der Waals surface area contributed by atoms with Crippen LogP contribution in [0.1, 0.15) is 16.7 Å². The maximum atomic E-state index is 12.6. The number of rotatable bonds is 3. The van der Waals surface area contributed by atoms with Crippen LogP contribution in [0.5, 0.6) is 0 Å². The number of fused-ring (bicyclic) bond motifs is 2. The van der Waals surface area contributed by atoms with Gasteiger partial charge < -0.3 is 9.88 Å². The lowest BCUT2D eigenvalue weighted by atomic mass is 10.0. The number of amides is 1. The van der Waals surface area contributed by atoms with Crippen LogP contribution >= 0.6 is 23.2 Å². The Balaban J connectivity index is 1.63. The highest BCUT2D eigenvalue weighted by Gasteiger charge is 2.24. The Kier molecular flexibility index (Phi) is 4.42. The van der Waals surface area contributed by atoms with Gasteiger partial charge in [-0.25, -0.2) is 0 Å². The lowest BCUT2D eigenvalue weighted by Gasteiger charge is -2.07. The Morgan fingerprint density at radius 3 is 2.62 bits per heavy atom. The molecule has 142 valence electrons. The summed E-state index contributed by atoms with van der Waals surface area (Å²) in [5, 5.41) is 5.32. The highest BCUT2D eigenvalue weighted by Crippen LogP contribution is 2.36. The minimum absolute atomic E-state index is 0.120. The average molecular weight is 419 g/mol. The maximum absolute atomic E-state index is 12.6. The summed E-state index contributed by atoms with van der Waals surface area (Å²) in [6.45, 7) is 0.655. The number of hydrogen-bond donors (Lipinski definition) is 1. The third-order valence-corrected chi connectivity index (χ3v) is 5.79. The van der Waals surface area contributed by atoms with Crippen LogP contribution in [0.2, 0.25) is 10.0 Å². The van der Waals surface area contributed by atoms with Gasteiger partial charge in [0.15, 0.2) is 0 Å². The number of halogens is 2. The summed E-state index contributed by atoms with van der Waals surface area (Å²) >= 11 is 12.4. The van der Waals surface area contributed by atoms with Crippen molar-refractivity contribution < 1.29 is 4.79 Å². The van der Waals surface area contributed by atoms with E-state index in [2.05, 4.69) is 28.2 Å². The molecular formula is C24H16Cl2N2O. The summed E-state index contributed by atoms with van der Waals surface area (Å²) < 4.78 is 2.17. The molecule has 1 aliphatic rings. The van der Waals surface area contributed by atoms with E-state index in [-0.39, 0.29) is 5.91 Å². The van der Waals surface area contributed by atoms with Gasteiger partial charge in [-0.15, -0.1) is 0 Å². The van der Waals surface area contributed by atoms with Crippen LogP contribution in [-0.4, -0.2) is 10.5 Å². The molecule has 29 heavy (non-hydrogen) atoms. The van der Waals surface area contributed by atoms with Crippen LogP contribution in [0, 0.1) is 0 Å². The zero-order chi connectivity index (χ0) is 20.0. The van der Waals surface area contributed by atoms with Gasteiger partial charge >= 0.3 is 0 Å². The van der Waals surface area contributed by atoms with Gasteiger partial charge in [-0.05, 0) is 35.9 Å². The lowest BCUT2D eigenvalue weighted by molar-refractivity contribution is -0.110. The molecule has 0 spiro atoms. The van der Waals surface area contributed by atoms with Crippen molar-refractivity contribution in [1.29, 1.82) is 0 Å². The van der Waals surface area contributed by atoms with E-state index < -0.39 is 0 Å². The second-order valence-corrected chi connectivity index (χ2v) is 7.87. The fourth-order valence-electron chi connectivity index (χ4n) is 3.80. The topological polar surface area (TPSA) is 34.0 Å². The van der Waals surface area contributed by atoms with Gasteiger partial charge in [0.1, 0.15) is 0 Å². The number of nitrogens with one attached hydrogen (secondary N) is 1. The molecule has 0 radical (unpaired) electrons. The summed E-state index contributed by atoms with van der Waals surface area (Å²) in [5.74, 6) is -0.120. The zero-order valence-electron chi connectivity index (χ0n) is 15.3. The van der Waals surface area contributed by atoms with E-state index in [1.807, 2.05) is 48.5 Å². The molecule has 0 unspecified atom stereocenters. The van der Waals surface area contributed by atoms with E-state index in [4.69, 9.17) is 23.2 Å². The van der Waals surface area contributed by atoms with Crippen LogP contribution in [0.15, 0.2) is 72.9 Å². The second-order valence-electron chi connectivity index (χ2n) is 7.02. The Bertz CT molecular complexity index is 1300. The molecule has 0 saturated heterocycles. The molecule has 1 aromatic heterocycles. The molecule has 5 heteroatoms. The predicted molar refractivity (Wildman–Crippen MR) is 120 cm³/mol. The smallest absolute Gasteiger partial charge is 0.256 e. The van der Waals surface area contributed by atoms with E-state index in [9.17, 15) is 4.79 Å². The molecule has 2 heterocycles. The Hall–Kier alpha value is -3.01. The van der Waals surface area contributed by atoms with Gasteiger partial charge in [-0.3, -0.25) is 4.79 Å². The Labute approximate surface area is 178 Å². The van der Waals surface area contributed by atoms with Gasteiger partial charge in [0.05, 0.1) is 5.69 Å². The standard InChI is InChI=1S/C24H16Cl2N2O/c25-17-9-10-19-20(24(29)27-22(19)12-17)11-16-14-28(23-8-4-2-6-18(16)23)13-15-5-1-3-7-21(15)26/h1-12,14H,13H2,(H,27,29)/b20-11+. The number of para-hydroxylation sites is 1. The number of nitrogens with zero attached hydrogens (tertiary/aromatic N) is 1. The number of anilines is 1. The third kappa shape index (κ3) is 3.23. The molecule has 0 bridgehead atoms. The molecule has 1 amide bonds. The SMILES string of the molecule is O=C1Nc2cc(Cl)ccc2/C1=C\c1cn(Cc2ccccc2Cl)c2ccccc12. The van der Waals surface area contributed by atoms with Crippen LogP contribution in [0.25, 0.3) is 22.6 Å². The van der Waals surface area contributed by atoms with Crippen molar-refractivity contribution in [3.05, 3.63) is 99.7 Å². The normalized spacial score (nSPS) is 14.4. The van der Waals surface area contributed by atoms with Crippen molar-refractivity contribution in [3.63, 3.8) is 0 Å². The summed E-state index contributed by atoms with van der Waals surface area (Å²) in [6.07, 6.45) is 4.02. The van der Waals surface area contributed by atoms with Gasteiger partial charge in [-0.1, -0.05) is 65.7 Å². The first kappa shape index (κ1) is 18.0. The number of hydrogen-bond acceptors (Lipinski definition) is 1. The Morgan fingerprint density at radius 2 is 1.76 bits per heavy atom. The highest BCUT2D eigenvalue weighted by atomic mass is 35.5. The lowest BCUT2D eigenvalue weighted by Crippen LogP contribution is -2.03. The van der Waals surface area contributed by atoms with Crippen LogP contribution in [0.4, 0.5) is 5.69 Å². The molecule has 3 nitrogen and oxygen atoms in total. The maximum Gasteiger partial charge on any atom is 0.256 e. The molecule has 5 rings (SSSR count). The summed E-state index contributed by atoms with van der Waals surface area (Å²) in [4.78, 5) is 12.6. The first-order valence-electron chi connectivity index (χ1n) is 9.24. The summed E-state index contributed by atoms with van der Waals surface area (Å²) in [7, 11) is 0. The molecule has 1 aliphatic heterocycles.